The van der Waals surface area contributed by atoms with Crippen LogP contribution in [-0.4, -0.2) is 28.2 Å². The zero-order valence-electron chi connectivity index (χ0n) is 10.1. The van der Waals surface area contributed by atoms with Gasteiger partial charge in [-0.3, -0.25) is 0 Å². The van der Waals surface area contributed by atoms with Crippen molar-refractivity contribution in [3.63, 3.8) is 0 Å². The van der Waals surface area contributed by atoms with Crippen molar-refractivity contribution in [2.24, 2.45) is 0 Å². The van der Waals surface area contributed by atoms with Gasteiger partial charge < -0.3 is 4.74 Å². The lowest BCUT2D eigenvalue weighted by Crippen LogP contribution is -2.27. The van der Waals surface area contributed by atoms with E-state index in [-0.39, 0.29) is 6.54 Å². The van der Waals surface area contributed by atoms with E-state index in [4.69, 9.17) is 4.74 Å². The Morgan fingerprint density at radius 1 is 1.56 bits per heavy atom. The van der Waals surface area contributed by atoms with Crippen molar-refractivity contribution in [1.29, 1.82) is 0 Å². The Hall–Kier alpha value is -0.210. The number of thiophene rings is 1. The first-order valence-corrected chi connectivity index (χ1v) is 8.51. The molecule has 7 heteroatoms. The fourth-order valence-electron chi connectivity index (χ4n) is 1.29. The zero-order chi connectivity index (χ0) is 13.6. The summed E-state index contributed by atoms with van der Waals surface area (Å²) >= 11 is 4.68. The number of rotatable bonds is 8. The van der Waals surface area contributed by atoms with Crippen LogP contribution in [0.25, 0.3) is 0 Å². The monoisotopic (exact) mass is 353 g/mol. The molecule has 0 fully saturated rings. The average molecular weight is 354 g/mol. The zero-order valence-corrected chi connectivity index (χ0v) is 13.3. The molecular weight excluding hydrogens is 338 g/mol. The van der Waals surface area contributed by atoms with Crippen LogP contribution in [0, 0.1) is 6.92 Å². The lowest BCUT2D eigenvalue weighted by molar-refractivity contribution is 0.144. The highest BCUT2D eigenvalue weighted by Crippen LogP contribution is 2.29. The maximum Gasteiger partial charge on any atom is 0.241 e. The molecule has 18 heavy (non-hydrogen) atoms. The molecule has 102 valence electrons. The second kappa shape index (κ2) is 7.40. The Kier molecular flexibility index (Phi) is 6.51. The van der Waals surface area contributed by atoms with E-state index in [0.717, 1.165) is 15.1 Å². The van der Waals surface area contributed by atoms with Crippen LogP contribution in [0.2, 0.25) is 0 Å². The first-order chi connectivity index (χ1) is 8.47. The fraction of sp³-hybridized carbons (Fsp3) is 0.455. The van der Waals surface area contributed by atoms with Crippen molar-refractivity contribution in [3.05, 3.63) is 27.4 Å². The van der Waals surface area contributed by atoms with Gasteiger partial charge in [0, 0.05) is 11.4 Å². The largest absolute Gasteiger partial charge is 0.380 e. The molecule has 1 rings (SSSR count). The van der Waals surface area contributed by atoms with E-state index in [1.807, 2.05) is 0 Å². The van der Waals surface area contributed by atoms with Crippen molar-refractivity contribution in [2.45, 2.75) is 18.2 Å². The van der Waals surface area contributed by atoms with E-state index in [0.29, 0.717) is 18.1 Å². The molecular formula is C11H16BrNO3S2. The molecule has 0 radical (unpaired) electrons. The van der Waals surface area contributed by atoms with Crippen LogP contribution in [-0.2, 0) is 14.8 Å². The van der Waals surface area contributed by atoms with E-state index >= 15 is 0 Å². The van der Waals surface area contributed by atoms with Crippen LogP contribution in [0.15, 0.2) is 27.4 Å². The van der Waals surface area contributed by atoms with Gasteiger partial charge in [-0.15, -0.1) is 17.9 Å². The molecule has 4 nitrogen and oxygen atoms in total. The molecule has 0 amide bonds. The van der Waals surface area contributed by atoms with E-state index in [9.17, 15) is 8.42 Å². The maximum absolute atomic E-state index is 12.0. The van der Waals surface area contributed by atoms with Crippen LogP contribution in [0.4, 0.5) is 0 Å². The molecule has 0 bridgehead atoms. The number of sulfonamides is 1. The number of aryl methyl sites for hydroxylation is 1. The fourth-order valence-corrected chi connectivity index (χ4v) is 4.72. The van der Waals surface area contributed by atoms with E-state index in [1.54, 1.807) is 19.1 Å². The average Bonchev–Trinajstić information content (AvgIpc) is 2.63. The minimum Gasteiger partial charge on any atom is -0.380 e. The highest BCUT2D eigenvalue weighted by molar-refractivity contribution is 9.11. The first-order valence-electron chi connectivity index (χ1n) is 5.41. The Bertz CT molecular complexity index is 496. The quantitative estimate of drug-likeness (QED) is 0.577. The van der Waals surface area contributed by atoms with Gasteiger partial charge in [-0.1, -0.05) is 6.08 Å². The minimum atomic E-state index is -3.43. The SMILES string of the molecule is C=CCCOCCNS(=O)(=O)c1cc(Br)sc1C. The summed E-state index contributed by atoms with van der Waals surface area (Å²) in [6.45, 7) is 6.55. The summed E-state index contributed by atoms with van der Waals surface area (Å²) in [7, 11) is -3.43. The summed E-state index contributed by atoms with van der Waals surface area (Å²) < 4.78 is 32.5. The second-order valence-corrected chi connectivity index (χ2v) is 7.93. The molecule has 0 atom stereocenters. The number of hydrogen-bond acceptors (Lipinski definition) is 4. The van der Waals surface area contributed by atoms with Gasteiger partial charge in [0.2, 0.25) is 10.0 Å². The summed E-state index contributed by atoms with van der Waals surface area (Å²) in [5.41, 5.74) is 0. The summed E-state index contributed by atoms with van der Waals surface area (Å²) in [4.78, 5) is 1.09. The third-order valence-corrected chi connectivity index (χ3v) is 5.41. The number of nitrogens with one attached hydrogen (secondary N) is 1. The molecule has 0 aliphatic rings. The Morgan fingerprint density at radius 2 is 2.28 bits per heavy atom. The molecule has 0 unspecified atom stereocenters. The van der Waals surface area contributed by atoms with E-state index < -0.39 is 10.0 Å². The third-order valence-electron chi connectivity index (χ3n) is 2.14. The number of ether oxygens (including phenoxy) is 1. The third kappa shape index (κ3) is 4.81. The van der Waals surface area contributed by atoms with E-state index in [2.05, 4.69) is 27.2 Å². The smallest absolute Gasteiger partial charge is 0.241 e. The van der Waals surface area contributed by atoms with Gasteiger partial charge in [-0.25, -0.2) is 13.1 Å². The van der Waals surface area contributed by atoms with Crippen LogP contribution >= 0.6 is 27.3 Å². The second-order valence-electron chi connectivity index (χ2n) is 3.56. The van der Waals surface area contributed by atoms with Crippen LogP contribution < -0.4 is 4.72 Å². The molecule has 0 saturated carbocycles. The normalized spacial score (nSPS) is 11.7. The molecule has 0 aliphatic heterocycles. The number of hydrogen-bond donors (Lipinski definition) is 1. The van der Waals surface area contributed by atoms with Gasteiger partial charge in [0.25, 0.3) is 0 Å². The van der Waals surface area contributed by atoms with Gasteiger partial charge in [0.1, 0.15) is 0 Å². The van der Waals surface area contributed by atoms with Crippen molar-refractivity contribution in [1.82, 2.24) is 4.72 Å². The van der Waals surface area contributed by atoms with Gasteiger partial charge in [0.05, 0.1) is 21.9 Å². The first kappa shape index (κ1) is 15.8. The minimum absolute atomic E-state index is 0.270. The lowest BCUT2D eigenvalue weighted by atomic mass is 10.5. The van der Waals surface area contributed by atoms with Crippen molar-refractivity contribution in [2.75, 3.05) is 19.8 Å². The highest BCUT2D eigenvalue weighted by atomic mass is 79.9. The molecule has 0 saturated heterocycles. The predicted molar refractivity (Wildman–Crippen MR) is 77.6 cm³/mol. The number of halogens is 1. The predicted octanol–water partition coefficient (Wildman–Crippen LogP) is 2.69. The van der Waals surface area contributed by atoms with Crippen molar-refractivity contribution in [3.8, 4) is 0 Å². The standard InChI is InChI=1S/C11H16BrNO3S2/c1-3-4-6-16-7-5-13-18(14,15)10-8-11(12)17-9(10)2/h3,8,13H,1,4-7H2,2H3. The van der Waals surface area contributed by atoms with Gasteiger partial charge in [-0.2, -0.15) is 0 Å². The van der Waals surface area contributed by atoms with Gasteiger partial charge >= 0.3 is 0 Å². The summed E-state index contributed by atoms with van der Waals surface area (Å²) in [5, 5.41) is 0. The molecule has 1 aromatic heterocycles. The maximum atomic E-state index is 12.0. The molecule has 1 heterocycles. The summed E-state index contributed by atoms with van der Waals surface area (Å²) in [6, 6.07) is 1.61. The summed E-state index contributed by atoms with van der Waals surface area (Å²) in [6.07, 6.45) is 2.53. The van der Waals surface area contributed by atoms with E-state index in [1.165, 1.54) is 11.3 Å². The Labute approximate surface area is 120 Å². The topological polar surface area (TPSA) is 55.4 Å². The van der Waals surface area contributed by atoms with Crippen LogP contribution in [0.3, 0.4) is 0 Å². The lowest BCUT2D eigenvalue weighted by Gasteiger charge is -2.06. The molecule has 0 aliphatic carbocycles. The molecule has 1 aromatic rings. The van der Waals surface area contributed by atoms with Gasteiger partial charge in [-0.05, 0) is 35.3 Å². The molecule has 0 aromatic carbocycles. The Morgan fingerprint density at radius 3 is 2.83 bits per heavy atom. The Balaban J connectivity index is 2.46. The molecule has 0 spiro atoms. The van der Waals surface area contributed by atoms with Gasteiger partial charge in [0.15, 0.2) is 0 Å². The molecule has 1 N–H and O–H groups in total. The van der Waals surface area contributed by atoms with Crippen LogP contribution in [0.5, 0.6) is 0 Å². The van der Waals surface area contributed by atoms with Crippen molar-refractivity contribution >= 4 is 37.3 Å². The highest BCUT2D eigenvalue weighted by Gasteiger charge is 2.18. The van der Waals surface area contributed by atoms with Crippen LogP contribution in [0.1, 0.15) is 11.3 Å². The summed E-state index contributed by atoms with van der Waals surface area (Å²) in [5.74, 6) is 0. The van der Waals surface area contributed by atoms with Crippen molar-refractivity contribution < 1.29 is 13.2 Å².